The first-order valence-corrected chi connectivity index (χ1v) is 10.9. The average Bonchev–Trinajstić information content (AvgIpc) is 3.60. The van der Waals surface area contributed by atoms with E-state index < -0.39 is 11.7 Å². The summed E-state index contributed by atoms with van der Waals surface area (Å²) in [6.07, 6.45) is 4.72. The van der Waals surface area contributed by atoms with Crippen molar-refractivity contribution in [2.24, 2.45) is 4.99 Å². The van der Waals surface area contributed by atoms with Gasteiger partial charge in [0.05, 0.1) is 11.1 Å². The third-order valence-corrected chi connectivity index (χ3v) is 5.58. The van der Waals surface area contributed by atoms with E-state index >= 15 is 0 Å². The number of aryl methyl sites for hydroxylation is 1. The zero-order chi connectivity index (χ0) is 22.7. The van der Waals surface area contributed by atoms with Gasteiger partial charge in [-0.25, -0.2) is 9.98 Å². The highest BCUT2D eigenvalue weighted by Gasteiger charge is 2.36. The SMILES string of the molecule is Cc1cc(C2=CC=CNC(=NCCCCCO)O2)nc2c(C(F)(F)F)cc(C3CC3)cc12. The molecule has 4 rings (SSSR count). The third kappa shape index (κ3) is 5.12. The lowest BCUT2D eigenvalue weighted by Gasteiger charge is -2.16. The van der Waals surface area contributed by atoms with Crippen molar-refractivity contribution in [1.29, 1.82) is 0 Å². The maximum absolute atomic E-state index is 13.9. The number of hydrogen-bond donors (Lipinski definition) is 2. The van der Waals surface area contributed by atoms with Gasteiger partial charge in [-0.2, -0.15) is 13.2 Å². The van der Waals surface area contributed by atoms with E-state index in [2.05, 4.69) is 15.3 Å². The first-order chi connectivity index (χ1) is 15.4. The van der Waals surface area contributed by atoms with E-state index in [0.717, 1.165) is 31.2 Å². The molecule has 2 N–H and O–H groups in total. The number of nitrogens with zero attached hydrogens (tertiary/aromatic N) is 2. The summed E-state index contributed by atoms with van der Waals surface area (Å²) in [4.78, 5) is 8.76. The Balaban J connectivity index is 1.68. The summed E-state index contributed by atoms with van der Waals surface area (Å²) >= 11 is 0. The molecule has 1 aromatic heterocycles. The second kappa shape index (κ2) is 9.32. The van der Waals surface area contributed by atoms with E-state index in [0.29, 0.717) is 35.4 Å². The minimum Gasteiger partial charge on any atom is -0.424 e. The van der Waals surface area contributed by atoms with E-state index in [1.54, 1.807) is 31.3 Å². The molecule has 1 saturated carbocycles. The molecule has 170 valence electrons. The van der Waals surface area contributed by atoms with Gasteiger partial charge in [0, 0.05) is 24.7 Å². The smallest absolute Gasteiger partial charge is 0.418 e. The lowest BCUT2D eigenvalue weighted by molar-refractivity contribution is -0.136. The Morgan fingerprint density at radius 1 is 1.19 bits per heavy atom. The van der Waals surface area contributed by atoms with Crippen LogP contribution in [0.15, 0.2) is 41.5 Å². The minimum atomic E-state index is -4.50. The Bertz CT molecular complexity index is 1090. The number of aliphatic imine (C=N–C) groups is 1. The molecule has 2 aliphatic rings. The van der Waals surface area contributed by atoms with Crippen LogP contribution in [0.2, 0.25) is 0 Å². The fraction of sp³-hybridized carbons (Fsp3) is 0.417. The quantitative estimate of drug-likeness (QED) is 0.558. The number of aromatic nitrogens is 1. The van der Waals surface area contributed by atoms with Gasteiger partial charge in [-0.1, -0.05) is 0 Å². The monoisotopic (exact) mass is 445 g/mol. The summed E-state index contributed by atoms with van der Waals surface area (Å²) in [6, 6.07) is 5.10. The molecular weight excluding hydrogens is 419 g/mol. The molecule has 0 radical (unpaired) electrons. The number of unbranched alkanes of at least 4 members (excludes halogenated alkanes) is 2. The second-order valence-electron chi connectivity index (χ2n) is 8.17. The van der Waals surface area contributed by atoms with E-state index in [1.807, 2.05) is 6.07 Å². The van der Waals surface area contributed by atoms with Crippen LogP contribution < -0.4 is 5.32 Å². The van der Waals surface area contributed by atoms with Gasteiger partial charge in [0.15, 0.2) is 5.76 Å². The number of aliphatic hydroxyl groups excluding tert-OH is 1. The summed E-state index contributed by atoms with van der Waals surface area (Å²) in [7, 11) is 0. The normalized spacial score (nSPS) is 17.8. The van der Waals surface area contributed by atoms with Gasteiger partial charge in [-0.3, -0.25) is 0 Å². The molecule has 2 heterocycles. The van der Waals surface area contributed by atoms with Crippen LogP contribution in [0, 0.1) is 6.92 Å². The van der Waals surface area contributed by atoms with E-state index in [1.165, 1.54) is 6.07 Å². The molecule has 1 aliphatic carbocycles. The number of hydrogen-bond acceptors (Lipinski definition) is 4. The Morgan fingerprint density at radius 2 is 2.00 bits per heavy atom. The zero-order valence-corrected chi connectivity index (χ0v) is 17.9. The van der Waals surface area contributed by atoms with Gasteiger partial charge in [0.1, 0.15) is 5.69 Å². The zero-order valence-electron chi connectivity index (χ0n) is 17.9. The predicted octanol–water partition coefficient (Wildman–Crippen LogP) is 5.43. The average molecular weight is 445 g/mol. The van der Waals surface area contributed by atoms with Crippen molar-refractivity contribution in [3.63, 3.8) is 0 Å². The summed E-state index contributed by atoms with van der Waals surface area (Å²) in [5, 5.41) is 12.3. The predicted molar refractivity (Wildman–Crippen MR) is 118 cm³/mol. The molecule has 2 aromatic rings. The molecular formula is C24H26F3N3O2. The molecule has 0 spiro atoms. The van der Waals surface area contributed by atoms with Gasteiger partial charge in [-0.15, -0.1) is 0 Å². The number of aliphatic hydroxyl groups is 1. The van der Waals surface area contributed by atoms with Gasteiger partial charge < -0.3 is 15.2 Å². The van der Waals surface area contributed by atoms with Gasteiger partial charge in [0.25, 0.3) is 6.02 Å². The number of halogens is 3. The number of rotatable bonds is 7. The highest BCUT2D eigenvalue weighted by atomic mass is 19.4. The Kier molecular flexibility index (Phi) is 6.50. The Labute approximate surface area is 184 Å². The van der Waals surface area contributed by atoms with Crippen LogP contribution in [0.4, 0.5) is 13.2 Å². The highest BCUT2D eigenvalue weighted by Crippen LogP contribution is 2.44. The van der Waals surface area contributed by atoms with Crippen molar-refractivity contribution in [3.05, 3.63) is 58.9 Å². The highest BCUT2D eigenvalue weighted by molar-refractivity contribution is 5.89. The maximum atomic E-state index is 13.9. The van der Waals surface area contributed by atoms with Crippen molar-refractivity contribution in [3.8, 4) is 0 Å². The Hall–Kier alpha value is -2.87. The van der Waals surface area contributed by atoms with Gasteiger partial charge in [0.2, 0.25) is 0 Å². The second-order valence-corrected chi connectivity index (χ2v) is 8.17. The van der Waals surface area contributed by atoms with E-state index in [4.69, 9.17) is 9.84 Å². The van der Waals surface area contributed by atoms with Crippen molar-refractivity contribution >= 4 is 22.7 Å². The summed E-state index contributed by atoms with van der Waals surface area (Å²) in [5.41, 5.74) is 0.995. The van der Waals surface area contributed by atoms with E-state index in [-0.39, 0.29) is 24.1 Å². The molecule has 0 atom stereocenters. The number of allylic oxidation sites excluding steroid dienone is 2. The van der Waals surface area contributed by atoms with Crippen LogP contribution in [0.25, 0.3) is 16.7 Å². The number of benzene rings is 1. The Morgan fingerprint density at radius 3 is 2.72 bits per heavy atom. The van der Waals surface area contributed by atoms with Crippen LogP contribution in [0.1, 0.15) is 60.4 Å². The molecule has 5 nitrogen and oxygen atoms in total. The van der Waals surface area contributed by atoms with E-state index in [9.17, 15) is 13.2 Å². The van der Waals surface area contributed by atoms with Gasteiger partial charge in [-0.05, 0) is 86.4 Å². The van der Waals surface area contributed by atoms with Crippen molar-refractivity contribution in [2.45, 2.75) is 51.1 Å². The fourth-order valence-corrected chi connectivity index (χ4v) is 3.73. The molecule has 8 heteroatoms. The molecule has 0 saturated heterocycles. The first-order valence-electron chi connectivity index (χ1n) is 10.9. The lowest BCUT2D eigenvalue weighted by atomic mass is 9.98. The fourth-order valence-electron chi connectivity index (χ4n) is 3.73. The van der Waals surface area contributed by atoms with Crippen LogP contribution in [0.3, 0.4) is 0 Å². The van der Waals surface area contributed by atoms with Crippen LogP contribution in [-0.4, -0.2) is 29.3 Å². The summed E-state index contributed by atoms with van der Waals surface area (Å²) in [5.74, 6) is 0.532. The van der Waals surface area contributed by atoms with Crippen molar-refractivity contribution < 1.29 is 23.0 Å². The van der Waals surface area contributed by atoms with Crippen LogP contribution >= 0.6 is 0 Å². The standard InChI is InChI=1S/C24H26F3N3O2/c1-15-12-20(21-6-5-10-29-23(32-21)28-9-3-2-4-11-31)30-22-18(15)13-17(16-7-8-16)14-19(22)24(25,26)27/h5-6,10,12-14,16,31H,2-4,7-9,11H2,1H3,(H,28,29). The number of nitrogens with one attached hydrogen (secondary N) is 1. The first kappa shape index (κ1) is 22.3. The summed E-state index contributed by atoms with van der Waals surface area (Å²) < 4.78 is 47.6. The van der Waals surface area contributed by atoms with Crippen molar-refractivity contribution in [1.82, 2.24) is 10.3 Å². The third-order valence-electron chi connectivity index (χ3n) is 5.58. The molecule has 32 heavy (non-hydrogen) atoms. The molecule has 0 unspecified atom stereocenters. The van der Waals surface area contributed by atoms with Crippen molar-refractivity contribution in [2.75, 3.05) is 13.2 Å². The maximum Gasteiger partial charge on any atom is 0.418 e. The number of pyridine rings is 1. The molecule has 1 aromatic carbocycles. The number of ether oxygens (including phenoxy) is 1. The molecule has 1 fully saturated rings. The number of amidine groups is 1. The van der Waals surface area contributed by atoms with Gasteiger partial charge >= 0.3 is 6.18 Å². The topological polar surface area (TPSA) is 66.7 Å². The number of fused-ring (bicyclic) bond motifs is 1. The molecule has 0 amide bonds. The van der Waals surface area contributed by atoms with Crippen LogP contribution in [0.5, 0.6) is 0 Å². The lowest BCUT2D eigenvalue weighted by Crippen LogP contribution is -2.20. The summed E-state index contributed by atoms with van der Waals surface area (Å²) in [6.45, 7) is 2.46. The minimum absolute atomic E-state index is 0.0647. The number of alkyl halides is 3. The van der Waals surface area contributed by atoms with Crippen LogP contribution in [-0.2, 0) is 10.9 Å². The largest absolute Gasteiger partial charge is 0.424 e. The molecule has 0 bridgehead atoms. The molecule has 1 aliphatic heterocycles.